The molecular weight excluding hydrogens is 408 g/mol. The topological polar surface area (TPSA) is 83.6 Å². The van der Waals surface area contributed by atoms with Crippen molar-refractivity contribution >= 4 is 34.5 Å². The van der Waals surface area contributed by atoms with E-state index in [1.54, 1.807) is 30.7 Å². The summed E-state index contributed by atoms with van der Waals surface area (Å²) in [6.45, 7) is 1.96. The number of nitrogens with zero attached hydrogens (tertiary/aromatic N) is 3. The number of anilines is 1. The smallest absolute Gasteiger partial charge is 0.214 e. The Kier molecular flexibility index (Phi) is 5.71. The van der Waals surface area contributed by atoms with Crippen LogP contribution in [0.2, 0.25) is 0 Å². The third kappa shape index (κ3) is 3.76. The molecule has 0 saturated heterocycles. The number of aromatic amines is 1. The van der Waals surface area contributed by atoms with E-state index in [4.69, 9.17) is 0 Å². The van der Waals surface area contributed by atoms with Crippen LogP contribution in [0.15, 0.2) is 48.9 Å². The number of hydrogen-bond donors (Lipinski definition) is 2. The summed E-state index contributed by atoms with van der Waals surface area (Å²) in [7, 11) is 0. The van der Waals surface area contributed by atoms with E-state index in [0.717, 1.165) is 29.7 Å². The molecule has 0 amide bonds. The third-order valence-corrected chi connectivity index (χ3v) is 5.41. The molecule has 0 saturated carbocycles. The van der Waals surface area contributed by atoms with E-state index >= 15 is 0 Å². The SMILES string of the molecule is CCCSNc1c(F)ccc(C(=O)c2[nH]nc3ncc(-c4cccnc4)cc23)c1F. The van der Waals surface area contributed by atoms with Crippen LogP contribution in [0.3, 0.4) is 0 Å². The van der Waals surface area contributed by atoms with E-state index in [1.807, 2.05) is 13.0 Å². The predicted molar refractivity (Wildman–Crippen MR) is 113 cm³/mol. The number of pyridine rings is 2. The number of H-pyrrole nitrogens is 1. The highest BCUT2D eigenvalue weighted by Crippen LogP contribution is 2.29. The molecule has 30 heavy (non-hydrogen) atoms. The number of hydrogen-bond acceptors (Lipinski definition) is 6. The Morgan fingerprint density at radius 1 is 1.20 bits per heavy atom. The first-order chi connectivity index (χ1) is 14.6. The number of aromatic nitrogens is 4. The first-order valence-electron chi connectivity index (χ1n) is 9.25. The van der Waals surface area contributed by atoms with Gasteiger partial charge in [0.2, 0.25) is 5.78 Å². The fourth-order valence-corrected chi connectivity index (χ4v) is 3.58. The zero-order chi connectivity index (χ0) is 21.1. The maximum Gasteiger partial charge on any atom is 0.214 e. The Labute approximate surface area is 175 Å². The molecular formula is C21H17F2N5OS. The molecule has 4 aromatic rings. The maximum absolute atomic E-state index is 15.0. The number of fused-ring (bicyclic) bond motifs is 1. The minimum atomic E-state index is -0.942. The van der Waals surface area contributed by atoms with Gasteiger partial charge in [0.25, 0.3) is 0 Å². The van der Waals surface area contributed by atoms with E-state index in [-0.39, 0.29) is 16.9 Å². The van der Waals surface area contributed by atoms with Gasteiger partial charge in [-0.3, -0.25) is 14.9 Å². The molecule has 0 unspecified atom stereocenters. The van der Waals surface area contributed by atoms with Crippen molar-refractivity contribution < 1.29 is 13.6 Å². The summed E-state index contributed by atoms with van der Waals surface area (Å²) < 4.78 is 31.7. The van der Waals surface area contributed by atoms with Crippen LogP contribution in [-0.4, -0.2) is 31.7 Å². The van der Waals surface area contributed by atoms with Gasteiger partial charge in [0.05, 0.1) is 10.9 Å². The predicted octanol–water partition coefficient (Wildman–Crippen LogP) is 5.00. The lowest BCUT2D eigenvalue weighted by atomic mass is 10.0. The minimum absolute atomic E-state index is 0.0842. The molecule has 0 aliphatic heterocycles. The molecule has 0 fully saturated rings. The van der Waals surface area contributed by atoms with Crippen LogP contribution in [0.5, 0.6) is 0 Å². The van der Waals surface area contributed by atoms with Crippen LogP contribution in [0.4, 0.5) is 14.5 Å². The van der Waals surface area contributed by atoms with Crippen LogP contribution in [0.25, 0.3) is 22.2 Å². The van der Waals surface area contributed by atoms with Gasteiger partial charge in [-0.1, -0.05) is 24.9 Å². The van der Waals surface area contributed by atoms with E-state index in [2.05, 4.69) is 24.9 Å². The number of halogens is 2. The monoisotopic (exact) mass is 425 g/mol. The summed E-state index contributed by atoms with van der Waals surface area (Å²) in [5, 5.41) is 7.13. The first-order valence-corrected chi connectivity index (χ1v) is 10.2. The van der Waals surface area contributed by atoms with Gasteiger partial charge in [0.1, 0.15) is 17.2 Å². The standard InChI is InChI=1S/C21H17F2N5OS/c1-2-8-30-28-19-16(22)6-5-14(17(19)23)20(29)18-15-9-13(11-25-21(15)27-26-18)12-4-3-7-24-10-12/h3-7,9-11,28H,2,8H2,1H3,(H,25,26,27). The Morgan fingerprint density at radius 3 is 2.83 bits per heavy atom. The van der Waals surface area contributed by atoms with Gasteiger partial charge in [0, 0.05) is 35.5 Å². The van der Waals surface area contributed by atoms with Crippen molar-refractivity contribution in [2.75, 3.05) is 10.5 Å². The average Bonchev–Trinajstić information content (AvgIpc) is 3.19. The van der Waals surface area contributed by atoms with E-state index in [9.17, 15) is 13.6 Å². The second-order valence-electron chi connectivity index (χ2n) is 6.50. The Bertz CT molecular complexity index is 1210. The molecule has 3 heterocycles. The van der Waals surface area contributed by atoms with Crippen molar-refractivity contribution in [3.05, 3.63) is 71.8 Å². The Morgan fingerprint density at radius 2 is 2.07 bits per heavy atom. The van der Waals surface area contributed by atoms with E-state index in [0.29, 0.717) is 16.8 Å². The van der Waals surface area contributed by atoms with E-state index < -0.39 is 17.4 Å². The summed E-state index contributed by atoms with van der Waals surface area (Å²) in [6, 6.07) is 7.60. The zero-order valence-electron chi connectivity index (χ0n) is 15.9. The van der Waals surface area contributed by atoms with Crippen LogP contribution in [0.1, 0.15) is 29.4 Å². The third-order valence-electron chi connectivity index (χ3n) is 4.45. The number of carbonyl (C=O) groups excluding carboxylic acids is 1. The molecule has 9 heteroatoms. The second-order valence-corrected chi connectivity index (χ2v) is 7.40. The van der Waals surface area contributed by atoms with Gasteiger partial charge < -0.3 is 4.72 Å². The van der Waals surface area contributed by atoms with Crippen molar-refractivity contribution in [3.8, 4) is 11.1 Å². The molecule has 2 N–H and O–H groups in total. The van der Waals surface area contributed by atoms with Crippen molar-refractivity contribution in [1.29, 1.82) is 0 Å². The molecule has 152 valence electrons. The van der Waals surface area contributed by atoms with Crippen molar-refractivity contribution in [3.63, 3.8) is 0 Å². The molecule has 4 rings (SSSR count). The molecule has 0 bridgehead atoms. The Hall–Kier alpha value is -3.33. The zero-order valence-corrected chi connectivity index (χ0v) is 16.8. The number of carbonyl (C=O) groups is 1. The molecule has 0 aliphatic carbocycles. The molecule has 1 aromatic carbocycles. The van der Waals surface area contributed by atoms with Crippen molar-refractivity contribution in [2.45, 2.75) is 13.3 Å². The van der Waals surface area contributed by atoms with Crippen LogP contribution >= 0.6 is 11.9 Å². The summed E-state index contributed by atoms with van der Waals surface area (Å²) >= 11 is 1.18. The maximum atomic E-state index is 15.0. The summed E-state index contributed by atoms with van der Waals surface area (Å²) in [5.41, 5.74) is 1.37. The molecule has 0 aliphatic rings. The lowest BCUT2D eigenvalue weighted by Gasteiger charge is -2.10. The minimum Gasteiger partial charge on any atom is -0.325 e. The van der Waals surface area contributed by atoms with Crippen LogP contribution in [-0.2, 0) is 0 Å². The van der Waals surface area contributed by atoms with Gasteiger partial charge in [-0.15, -0.1) is 0 Å². The van der Waals surface area contributed by atoms with Gasteiger partial charge >= 0.3 is 0 Å². The van der Waals surface area contributed by atoms with Gasteiger partial charge in [-0.25, -0.2) is 13.8 Å². The first kappa shape index (κ1) is 20.0. The quantitative estimate of drug-likeness (QED) is 0.246. The highest BCUT2D eigenvalue weighted by Gasteiger charge is 2.23. The largest absolute Gasteiger partial charge is 0.325 e. The van der Waals surface area contributed by atoms with Crippen LogP contribution < -0.4 is 4.72 Å². The molecule has 0 atom stereocenters. The fraction of sp³-hybridized carbons (Fsp3) is 0.143. The molecule has 0 spiro atoms. The second kappa shape index (κ2) is 8.58. The number of rotatable bonds is 7. The number of benzene rings is 1. The van der Waals surface area contributed by atoms with E-state index in [1.165, 1.54) is 11.9 Å². The highest BCUT2D eigenvalue weighted by molar-refractivity contribution is 8.00. The lowest BCUT2D eigenvalue weighted by Crippen LogP contribution is -2.08. The van der Waals surface area contributed by atoms with Gasteiger partial charge in [-0.2, -0.15) is 5.10 Å². The Balaban J connectivity index is 1.74. The molecule has 6 nitrogen and oxygen atoms in total. The number of nitrogens with one attached hydrogen (secondary N) is 2. The lowest BCUT2D eigenvalue weighted by molar-refractivity contribution is 0.103. The number of ketones is 1. The summed E-state index contributed by atoms with van der Waals surface area (Å²) in [6.07, 6.45) is 5.80. The van der Waals surface area contributed by atoms with Crippen molar-refractivity contribution in [2.24, 2.45) is 0 Å². The normalized spacial score (nSPS) is 11.0. The van der Waals surface area contributed by atoms with Crippen LogP contribution in [0, 0.1) is 11.6 Å². The summed E-state index contributed by atoms with van der Waals surface area (Å²) in [4.78, 5) is 21.4. The highest BCUT2D eigenvalue weighted by atomic mass is 32.2. The fourth-order valence-electron chi connectivity index (χ4n) is 2.95. The molecule has 0 radical (unpaired) electrons. The average molecular weight is 425 g/mol. The molecule has 3 aromatic heterocycles. The van der Waals surface area contributed by atoms with Gasteiger partial charge in [0.15, 0.2) is 11.5 Å². The van der Waals surface area contributed by atoms with Crippen molar-refractivity contribution in [1.82, 2.24) is 20.2 Å². The van der Waals surface area contributed by atoms with Gasteiger partial charge in [-0.05, 0) is 30.7 Å². The summed E-state index contributed by atoms with van der Waals surface area (Å²) in [5.74, 6) is -1.67.